The first-order valence-electron chi connectivity index (χ1n) is 12.5. The van der Waals surface area contributed by atoms with E-state index in [1.807, 2.05) is 0 Å². The Balaban J connectivity index is 5.47. The molecule has 4 nitrogen and oxygen atoms in total. The maximum absolute atomic E-state index is 6.64. The fourth-order valence-electron chi connectivity index (χ4n) is 3.35. The molecule has 5 heteroatoms. The van der Waals surface area contributed by atoms with Gasteiger partial charge >= 0.3 is 190 Å². The molecule has 4 unspecified atom stereocenters. The summed E-state index contributed by atoms with van der Waals surface area (Å²) in [4.78, 5) is 0. The van der Waals surface area contributed by atoms with Crippen LogP contribution in [0.5, 0.6) is 0 Å². The summed E-state index contributed by atoms with van der Waals surface area (Å²) in [5.41, 5.74) is 0. The molecular weight excluding hydrogens is 443 g/mol. The van der Waals surface area contributed by atoms with Crippen molar-refractivity contribution < 1.29 is 33.3 Å². The van der Waals surface area contributed by atoms with Crippen LogP contribution in [0.15, 0.2) is 0 Å². The molecule has 0 saturated carbocycles. The third-order valence-corrected chi connectivity index (χ3v) is 12.0. The van der Waals surface area contributed by atoms with E-state index in [0.29, 0.717) is 0 Å². The molecule has 0 bridgehead atoms. The predicted molar refractivity (Wildman–Crippen MR) is 120 cm³/mol. The molecule has 0 aliphatic heterocycles. The SMILES string of the molecule is CCCCC(C)[O][Zr]([O]C(C)CCCC)([O]C(C)CCCC)[O]C(C)CCCC. The van der Waals surface area contributed by atoms with Gasteiger partial charge in [0.15, 0.2) is 0 Å². The predicted octanol–water partition coefficient (Wildman–Crippen LogP) is 8.18. The third-order valence-electron chi connectivity index (χ3n) is 5.24. The molecule has 0 aromatic carbocycles. The maximum atomic E-state index is 6.64. The van der Waals surface area contributed by atoms with Crippen molar-refractivity contribution in [2.45, 2.75) is 157 Å². The molecular formula is C24H52O4Zr. The van der Waals surface area contributed by atoms with Crippen LogP contribution in [0.4, 0.5) is 0 Å². The van der Waals surface area contributed by atoms with Gasteiger partial charge in [0, 0.05) is 0 Å². The van der Waals surface area contributed by atoms with Crippen LogP contribution in [-0.4, -0.2) is 24.4 Å². The van der Waals surface area contributed by atoms with Crippen molar-refractivity contribution in [2.75, 3.05) is 0 Å². The van der Waals surface area contributed by atoms with Gasteiger partial charge < -0.3 is 0 Å². The van der Waals surface area contributed by atoms with E-state index in [1.54, 1.807) is 0 Å². The van der Waals surface area contributed by atoms with Gasteiger partial charge in [-0.3, -0.25) is 0 Å². The molecule has 0 heterocycles. The Labute approximate surface area is 189 Å². The Morgan fingerprint density at radius 1 is 0.448 bits per heavy atom. The normalized spacial score (nSPS) is 18.2. The molecule has 0 fully saturated rings. The van der Waals surface area contributed by atoms with Gasteiger partial charge in [-0.1, -0.05) is 0 Å². The Morgan fingerprint density at radius 2 is 0.655 bits per heavy atom. The average Bonchev–Trinajstić information content (AvgIpc) is 2.67. The van der Waals surface area contributed by atoms with E-state index in [1.165, 1.54) is 25.7 Å². The van der Waals surface area contributed by atoms with Crippen molar-refractivity contribution in [3.8, 4) is 0 Å². The summed E-state index contributed by atoms with van der Waals surface area (Å²) >= 11 is -4.19. The van der Waals surface area contributed by atoms with Gasteiger partial charge in [-0.25, -0.2) is 0 Å². The average molecular weight is 496 g/mol. The number of rotatable bonds is 20. The minimum atomic E-state index is -4.19. The molecule has 0 aliphatic carbocycles. The molecule has 0 radical (unpaired) electrons. The number of hydrogen-bond acceptors (Lipinski definition) is 4. The van der Waals surface area contributed by atoms with Gasteiger partial charge in [0.2, 0.25) is 0 Å². The van der Waals surface area contributed by atoms with E-state index in [2.05, 4.69) is 55.4 Å². The summed E-state index contributed by atoms with van der Waals surface area (Å²) in [6.07, 6.45) is 13.9. The topological polar surface area (TPSA) is 36.9 Å². The quantitative estimate of drug-likeness (QED) is 0.171. The van der Waals surface area contributed by atoms with E-state index in [0.717, 1.165) is 51.4 Å². The van der Waals surface area contributed by atoms with Crippen LogP contribution in [0, 0.1) is 0 Å². The van der Waals surface area contributed by atoms with E-state index in [-0.39, 0.29) is 24.4 Å². The first-order valence-corrected chi connectivity index (χ1v) is 16.5. The Bertz CT molecular complexity index is 297. The summed E-state index contributed by atoms with van der Waals surface area (Å²) in [5, 5.41) is 0. The van der Waals surface area contributed by atoms with E-state index >= 15 is 0 Å². The second-order valence-electron chi connectivity index (χ2n) is 8.78. The molecule has 0 spiro atoms. The van der Waals surface area contributed by atoms with Crippen molar-refractivity contribution >= 4 is 0 Å². The van der Waals surface area contributed by atoms with Crippen LogP contribution < -0.4 is 0 Å². The van der Waals surface area contributed by atoms with Crippen molar-refractivity contribution in [3.63, 3.8) is 0 Å². The molecule has 0 aromatic heterocycles. The zero-order valence-corrected chi connectivity index (χ0v) is 23.4. The van der Waals surface area contributed by atoms with Gasteiger partial charge in [-0.2, -0.15) is 0 Å². The molecule has 0 aliphatic rings. The fraction of sp³-hybridized carbons (Fsp3) is 1.00. The van der Waals surface area contributed by atoms with Gasteiger partial charge in [0.05, 0.1) is 0 Å². The van der Waals surface area contributed by atoms with Crippen LogP contribution in [0.3, 0.4) is 0 Å². The Morgan fingerprint density at radius 3 is 0.828 bits per heavy atom. The fourth-order valence-corrected chi connectivity index (χ4v) is 10.2. The van der Waals surface area contributed by atoms with Crippen molar-refractivity contribution in [1.82, 2.24) is 0 Å². The molecule has 176 valence electrons. The monoisotopic (exact) mass is 494 g/mol. The van der Waals surface area contributed by atoms with Crippen LogP contribution in [-0.2, 0) is 33.3 Å². The first kappa shape index (κ1) is 29.7. The minimum absolute atomic E-state index is 0.112. The molecule has 29 heavy (non-hydrogen) atoms. The zero-order chi connectivity index (χ0) is 22.1. The Kier molecular flexibility index (Phi) is 18.8. The first-order chi connectivity index (χ1) is 13.8. The molecule has 0 saturated heterocycles. The van der Waals surface area contributed by atoms with Crippen LogP contribution >= 0.6 is 0 Å². The van der Waals surface area contributed by atoms with Crippen LogP contribution in [0.1, 0.15) is 132 Å². The van der Waals surface area contributed by atoms with Crippen molar-refractivity contribution in [1.29, 1.82) is 0 Å². The van der Waals surface area contributed by atoms with Gasteiger partial charge in [0.25, 0.3) is 0 Å². The van der Waals surface area contributed by atoms with Gasteiger partial charge in [-0.15, -0.1) is 0 Å². The molecule has 0 amide bonds. The molecule has 0 aromatic rings. The van der Waals surface area contributed by atoms with Crippen molar-refractivity contribution in [2.24, 2.45) is 0 Å². The van der Waals surface area contributed by atoms with E-state index in [4.69, 9.17) is 11.3 Å². The summed E-state index contributed by atoms with van der Waals surface area (Å²) in [7, 11) is 0. The standard InChI is InChI=1S/4C6H13O.Zr/c4*1-3-4-5-6(2)7;/h4*6H,3-5H2,1-2H3;/q4*-1;+4. The number of hydrogen-bond donors (Lipinski definition) is 0. The summed E-state index contributed by atoms with van der Waals surface area (Å²) in [6.45, 7) is 17.5. The second kappa shape index (κ2) is 18.3. The molecule has 0 rings (SSSR count). The number of unbranched alkanes of at least 4 members (excludes halogenated alkanes) is 4. The van der Waals surface area contributed by atoms with E-state index in [9.17, 15) is 0 Å². The zero-order valence-electron chi connectivity index (χ0n) is 20.9. The van der Waals surface area contributed by atoms with Gasteiger partial charge in [-0.05, 0) is 0 Å². The third kappa shape index (κ3) is 15.2. The van der Waals surface area contributed by atoms with Crippen LogP contribution in [0.2, 0.25) is 0 Å². The van der Waals surface area contributed by atoms with Crippen molar-refractivity contribution in [3.05, 3.63) is 0 Å². The summed E-state index contributed by atoms with van der Waals surface area (Å²) < 4.78 is 26.5. The van der Waals surface area contributed by atoms with Gasteiger partial charge in [0.1, 0.15) is 0 Å². The summed E-state index contributed by atoms with van der Waals surface area (Å²) in [6, 6.07) is 0. The molecule has 4 atom stereocenters. The molecule has 0 N–H and O–H groups in total. The van der Waals surface area contributed by atoms with E-state index < -0.39 is 22.0 Å². The Hall–Kier alpha value is 0.723. The second-order valence-corrected chi connectivity index (χ2v) is 13.6. The van der Waals surface area contributed by atoms with Crippen LogP contribution in [0.25, 0.3) is 0 Å². The summed E-state index contributed by atoms with van der Waals surface area (Å²) in [5.74, 6) is 0.